The number of halogens is 2. The van der Waals surface area contributed by atoms with Gasteiger partial charge in [-0.25, -0.2) is 0 Å². The highest BCUT2D eigenvalue weighted by Crippen LogP contribution is 2.58. The van der Waals surface area contributed by atoms with Crippen LogP contribution in [-0.4, -0.2) is 26.5 Å². The smallest absolute Gasteiger partial charge is 0.262 e. The fourth-order valence-corrected chi connectivity index (χ4v) is 4.45. The number of aliphatic hydroxyl groups excluding tert-OH is 1. The molecule has 1 saturated heterocycles. The SMILES string of the molecule is O=C1N(Cc2ccccc2)C(O)C2(CCCCC2)C1(Cl)Cl. The minimum atomic E-state index is -1.53. The van der Waals surface area contributed by atoms with Crippen LogP contribution in [-0.2, 0) is 11.3 Å². The summed E-state index contributed by atoms with van der Waals surface area (Å²) in [4.78, 5) is 14.0. The molecule has 1 aromatic carbocycles. The van der Waals surface area contributed by atoms with Gasteiger partial charge in [-0.2, -0.15) is 0 Å². The van der Waals surface area contributed by atoms with Gasteiger partial charge in [0, 0.05) is 6.54 Å². The van der Waals surface area contributed by atoms with Gasteiger partial charge in [0.1, 0.15) is 6.23 Å². The van der Waals surface area contributed by atoms with E-state index in [0.717, 1.165) is 24.8 Å². The molecule has 1 aromatic rings. The average molecular weight is 328 g/mol. The Kier molecular flexibility index (Phi) is 3.93. The number of hydrogen-bond donors (Lipinski definition) is 1. The van der Waals surface area contributed by atoms with Gasteiger partial charge in [0.15, 0.2) is 0 Å². The number of alkyl halides is 2. The van der Waals surface area contributed by atoms with E-state index in [4.69, 9.17) is 23.2 Å². The predicted molar refractivity (Wildman–Crippen MR) is 83.0 cm³/mol. The Bertz CT molecular complexity index is 526. The number of likely N-dealkylation sites (tertiary alicyclic amines) is 1. The third-order valence-corrected chi connectivity index (χ3v) is 5.96. The molecule has 0 aromatic heterocycles. The number of carbonyl (C=O) groups excluding carboxylic acids is 1. The maximum atomic E-state index is 12.6. The van der Waals surface area contributed by atoms with E-state index in [2.05, 4.69) is 0 Å². The molecule has 1 spiro atoms. The van der Waals surface area contributed by atoms with E-state index in [1.165, 1.54) is 4.90 Å². The molecule has 1 aliphatic carbocycles. The van der Waals surface area contributed by atoms with Gasteiger partial charge >= 0.3 is 0 Å². The maximum Gasteiger partial charge on any atom is 0.262 e. The number of amides is 1. The summed E-state index contributed by atoms with van der Waals surface area (Å²) in [6.07, 6.45) is 3.47. The number of benzene rings is 1. The van der Waals surface area contributed by atoms with Crippen LogP contribution in [0.4, 0.5) is 0 Å². The van der Waals surface area contributed by atoms with Crippen molar-refractivity contribution in [1.29, 1.82) is 0 Å². The van der Waals surface area contributed by atoms with Crippen LogP contribution in [0.2, 0.25) is 0 Å². The van der Waals surface area contributed by atoms with Crippen molar-refractivity contribution in [2.24, 2.45) is 5.41 Å². The maximum absolute atomic E-state index is 12.6. The Morgan fingerprint density at radius 2 is 1.76 bits per heavy atom. The molecule has 1 aliphatic heterocycles. The predicted octanol–water partition coefficient (Wildman–Crippen LogP) is 3.47. The van der Waals surface area contributed by atoms with Crippen molar-refractivity contribution in [1.82, 2.24) is 4.90 Å². The Balaban J connectivity index is 1.91. The lowest BCUT2D eigenvalue weighted by molar-refractivity contribution is -0.135. The van der Waals surface area contributed by atoms with E-state index in [9.17, 15) is 9.90 Å². The molecule has 2 fully saturated rings. The molecule has 114 valence electrons. The molecule has 1 N–H and O–H groups in total. The van der Waals surface area contributed by atoms with Crippen LogP contribution in [0.1, 0.15) is 37.7 Å². The van der Waals surface area contributed by atoms with Gasteiger partial charge in [-0.15, -0.1) is 0 Å². The van der Waals surface area contributed by atoms with E-state index < -0.39 is 16.0 Å². The van der Waals surface area contributed by atoms with Crippen LogP contribution in [0, 0.1) is 5.41 Å². The third kappa shape index (κ3) is 2.26. The summed E-state index contributed by atoms with van der Waals surface area (Å²) in [7, 11) is 0. The number of aliphatic hydroxyl groups is 1. The second-order valence-corrected chi connectivity index (χ2v) is 7.41. The van der Waals surface area contributed by atoms with Gasteiger partial charge in [-0.1, -0.05) is 72.8 Å². The zero-order chi connectivity index (χ0) is 15.1. The molecule has 5 heteroatoms. The van der Waals surface area contributed by atoms with Crippen LogP contribution in [0.15, 0.2) is 30.3 Å². The monoisotopic (exact) mass is 327 g/mol. The molecular weight excluding hydrogens is 309 g/mol. The van der Waals surface area contributed by atoms with Gasteiger partial charge in [-0.3, -0.25) is 4.79 Å². The molecule has 1 atom stereocenters. The average Bonchev–Trinajstić information content (AvgIpc) is 2.63. The topological polar surface area (TPSA) is 40.5 Å². The second-order valence-electron chi connectivity index (χ2n) is 6.08. The summed E-state index contributed by atoms with van der Waals surface area (Å²) in [6, 6.07) is 9.59. The fraction of sp³-hybridized carbons (Fsp3) is 0.562. The van der Waals surface area contributed by atoms with Crippen molar-refractivity contribution in [2.75, 3.05) is 0 Å². The largest absolute Gasteiger partial charge is 0.373 e. The highest BCUT2D eigenvalue weighted by Gasteiger charge is 2.67. The normalized spacial score (nSPS) is 27.3. The molecule has 3 nitrogen and oxygen atoms in total. The van der Waals surface area contributed by atoms with Crippen LogP contribution in [0.25, 0.3) is 0 Å². The molecule has 1 saturated carbocycles. The van der Waals surface area contributed by atoms with Gasteiger partial charge in [0.05, 0.1) is 5.41 Å². The summed E-state index contributed by atoms with van der Waals surface area (Å²) < 4.78 is -1.53. The molecular formula is C16H19Cl2NO2. The Morgan fingerprint density at radius 1 is 1.14 bits per heavy atom. The minimum absolute atomic E-state index is 0.337. The summed E-state index contributed by atoms with van der Waals surface area (Å²) in [6.45, 7) is 0.337. The van der Waals surface area contributed by atoms with Crippen LogP contribution < -0.4 is 0 Å². The summed E-state index contributed by atoms with van der Waals surface area (Å²) in [5.41, 5.74) is 0.224. The molecule has 1 heterocycles. The first-order valence-corrected chi connectivity index (χ1v) is 8.15. The molecule has 3 rings (SSSR count). The lowest BCUT2D eigenvalue weighted by atomic mass is 9.71. The molecule has 1 unspecified atom stereocenters. The van der Waals surface area contributed by atoms with E-state index in [-0.39, 0.29) is 5.91 Å². The molecule has 0 radical (unpaired) electrons. The summed E-state index contributed by atoms with van der Waals surface area (Å²) >= 11 is 12.8. The van der Waals surface area contributed by atoms with Crippen molar-refractivity contribution in [3.63, 3.8) is 0 Å². The van der Waals surface area contributed by atoms with Gasteiger partial charge in [0.25, 0.3) is 5.91 Å². The highest BCUT2D eigenvalue weighted by atomic mass is 35.5. The van der Waals surface area contributed by atoms with E-state index in [1.54, 1.807) is 0 Å². The number of rotatable bonds is 2. The fourth-order valence-electron chi connectivity index (χ4n) is 3.66. The molecule has 2 aliphatic rings. The minimum Gasteiger partial charge on any atom is -0.373 e. The Morgan fingerprint density at radius 3 is 2.38 bits per heavy atom. The quantitative estimate of drug-likeness (QED) is 0.845. The molecule has 0 bridgehead atoms. The van der Waals surface area contributed by atoms with Crippen molar-refractivity contribution in [2.45, 2.75) is 49.2 Å². The van der Waals surface area contributed by atoms with Gasteiger partial charge in [-0.05, 0) is 18.4 Å². The zero-order valence-electron chi connectivity index (χ0n) is 11.8. The van der Waals surface area contributed by atoms with Crippen LogP contribution in [0.5, 0.6) is 0 Å². The number of nitrogens with zero attached hydrogens (tertiary/aromatic N) is 1. The van der Waals surface area contributed by atoms with Crippen molar-refractivity contribution in [3.8, 4) is 0 Å². The first kappa shape index (κ1) is 15.1. The lowest BCUT2D eigenvalue weighted by Gasteiger charge is -2.41. The van der Waals surface area contributed by atoms with Crippen molar-refractivity contribution >= 4 is 29.1 Å². The Labute approximate surface area is 134 Å². The summed E-state index contributed by atoms with van der Waals surface area (Å²) in [5, 5.41) is 10.8. The second kappa shape index (κ2) is 5.45. The van der Waals surface area contributed by atoms with Gasteiger partial charge < -0.3 is 10.0 Å². The van der Waals surface area contributed by atoms with Crippen LogP contribution in [0.3, 0.4) is 0 Å². The van der Waals surface area contributed by atoms with E-state index in [1.807, 2.05) is 30.3 Å². The van der Waals surface area contributed by atoms with Gasteiger partial charge in [0.2, 0.25) is 4.33 Å². The highest BCUT2D eigenvalue weighted by molar-refractivity contribution is 6.59. The molecule has 21 heavy (non-hydrogen) atoms. The van der Waals surface area contributed by atoms with Crippen molar-refractivity contribution < 1.29 is 9.90 Å². The first-order valence-electron chi connectivity index (χ1n) is 7.40. The number of hydrogen-bond acceptors (Lipinski definition) is 2. The molecule has 1 amide bonds. The van der Waals surface area contributed by atoms with E-state index >= 15 is 0 Å². The van der Waals surface area contributed by atoms with E-state index in [0.29, 0.717) is 19.4 Å². The van der Waals surface area contributed by atoms with Crippen molar-refractivity contribution in [3.05, 3.63) is 35.9 Å². The Hall–Kier alpha value is -0.770. The summed E-state index contributed by atoms with van der Waals surface area (Å²) in [5.74, 6) is -0.371. The lowest BCUT2D eigenvalue weighted by Crippen LogP contribution is -2.46. The zero-order valence-corrected chi connectivity index (χ0v) is 13.3. The third-order valence-electron chi connectivity index (χ3n) is 4.89. The standard InChI is InChI=1S/C16H19Cl2NO2/c17-16(18)14(21)19(11-12-7-3-1-4-8-12)13(20)15(16)9-5-2-6-10-15/h1,3-4,7-8,13,20H,2,5-6,9-11H2. The van der Waals surface area contributed by atoms with Crippen LogP contribution >= 0.6 is 23.2 Å². The number of carbonyl (C=O) groups is 1. The first-order chi connectivity index (χ1) is 9.99.